The smallest absolute Gasteiger partial charge is 0.548 e. The molecule has 1 N–H and O–H groups in total. The normalized spacial score (nSPS) is 23.2. The molecular weight excluding hydrogens is 577 g/mol. The number of benzene rings is 1. The first-order chi connectivity index (χ1) is 17.7. The van der Waals surface area contributed by atoms with E-state index >= 15 is 0 Å². The number of ether oxygens (including phenoxy) is 3. The molecule has 0 radical (unpaired) electrons. The third-order valence-electron chi connectivity index (χ3n) is 5.38. The van der Waals surface area contributed by atoms with Gasteiger partial charge in [-0.1, -0.05) is 11.8 Å². The summed E-state index contributed by atoms with van der Waals surface area (Å²) in [7, 11) is 0. The molecule has 2 fully saturated rings. The zero-order chi connectivity index (χ0) is 28.4. The number of carboxylic acids is 1. The van der Waals surface area contributed by atoms with Gasteiger partial charge in [-0.05, 0) is 25.1 Å². The average molecular weight is 599 g/mol. The Bertz CT molecular complexity index is 1190. The third-order valence-corrected chi connectivity index (χ3v) is 7.68. The van der Waals surface area contributed by atoms with Gasteiger partial charge in [0.1, 0.15) is 18.0 Å². The van der Waals surface area contributed by atoms with E-state index in [0.29, 0.717) is 0 Å². The Labute approximate surface area is 251 Å². The van der Waals surface area contributed by atoms with Crippen LogP contribution in [0.15, 0.2) is 18.2 Å². The number of carboxylic acid groups (broad SMARTS) is 1. The number of carbonyl (C=O) groups is 6. The van der Waals surface area contributed by atoms with E-state index < -0.39 is 76.0 Å². The molecule has 206 valence electrons. The van der Waals surface area contributed by atoms with Crippen LogP contribution in [-0.4, -0.2) is 80.9 Å². The van der Waals surface area contributed by atoms with Crippen molar-refractivity contribution < 1.29 is 86.4 Å². The first kappa shape index (κ1) is 32.8. The second-order valence-electron chi connectivity index (χ2n) is 8.33. The van der Waals surface area contributed by atoms with Gasteiger partial charge in [-0.3, -0.25) is 19.2 Å². The number of carbonyl (C=O) groups excluding carboxylic acids is 6. The summed E-state index contributed by atoms with van der Waals surface area (Å²) in [5, 5.41) is 13.4. The molecule has 2 saturated heterocycles. The number of esters is 3. The maximum absolute atomic E-state index is 12.7. The molecule has 2 amide bonds. The first-order valence-corrected chi connectivity index (χ1v) is 12.7. The Balaban J connectivity index is 0.00000533. The van der Waals surface area contributed by atoms with Gasteiger partial charge in [0.25, 0.3) is 5.76 Å². The van der Waals surface area contributed by atoms with E-state index in [1.807, 2.05) is 0 Å². The van der Waals surface area contributed by atoms with Gasteiger partial charge >= 0.3 is 47.5 Å². The van der Waals surface area contributed by atoms with Crippen molar-refractivity contribution in [1.82, 2.24) is 10.2 Å². The molecule has 0 spiro atoms. The molecule has 3 rings (SSSR count). The van der Waals surface area contributed by atoms with Crippen LogP contribution in [0.3, 0.4) is 0 Å². The Morgan fingerprint density at radius 1 is 1.15 bits per heavy atom. The van der Waals surface area contributed by atoms with Crippen LogP contribution >= 0.6 is 23.5 Å². The molecule has 0 aromatic heterocycles. The minimum atomic E-state index is -2.78. The summed E-state index contributed by atoms with van der Waals surface area (Å²) >= 11 is 1.02. The van der Waals surface area contributed by atoms with E-state index in [9.17, 15) is 42.7 Å². The summed E-state index contributed by atoms with van der Waals surface area (Å²) in [6.07, 6.45) is 0. The zero-order valence-electron chi connectivity index (χ0n) is 21.1. The molecule has 1 aromatic carbocycles. The van der Waals surface area contributed by atoms with Crippen LogP contribution in [0.5, 0.6) is 11.5 Å². The summed E-state index contributed by atoms with van der Waals surface area (Å²) in [6, 6.07) is 0.862. The van der Waals surface area contributed by atoms with Crippen LogP contribution in [0.25, 0.3) is 0 Å². The van der Waals surface area contributed by atoms with Crippen LogP contribution in [-0.2, 0) is 28.7 Å². The third kappa shape index (κ3) is 7.63. The van der Waals surface area contributed by atoms with Gasteiger partial charge in [0.15, 0.2) is 11.5 Å². The van der Waals surface area contributed by atoms with Gasteiger partial charge in [0, 0.05) is 13.8 Å². The molecule has 0 bridgehead atoms. The Morgan fingerprint density at radius 3 is 2.33 bits per heavy atom. The van der Waals surface area contributed by atoms with E-state index in [2.05, 4.69) is 5.32 Å². The summed E-state index contributed by atoms with van der Waals surface area (Å²) in [6.45, 7) is 3.14. The van der Waals surface area contributed by atoms with Crippen molar-refractivity contribution in [3.8, 4) is 11.5 Å². The largest absolute Gasteiger partial charge is 1.00 e. The van der Waals surface area contributed by atoms with Gasteiger partial charge in [0.2, 0.25) is 11.8 Å². The molecule has 2 heterocycles. The van der Waals surface area contributed by atoms with Crippen LogP contribution in [0.2, 0.25) is 0 Å². The maximum Gasteiger partial charge on any atom is 1.00 e. The van der Waals surface area contributed by atoms with Crippen molar-refractivity contribution in [2.24, 2.45) is 0 Å². The van der Waals surface area contributed by atoms with E-state index in [-0.39, 0.29) is 58.4 Å². The van der Waals surface area contributed by atoms with Crippen LogP contribution in [0.1, 0.15) is 31.1 Å². The monoisotopic (exact) mass is 598 g/mol. The second-order valence-corrected chi connectivity index (χ2v) is 11.0. The Kier molecular flexibility index (Phi) is 11.2. The molecule has 1 aromatic rings. The van der Waals surface area contributed by atoms with E-state index in [4.69, 9.17) is 14.2 Å². The number of hydrogen-bond acceptors (Lipinski definition) is 12. The van der Waals surface area contributed by atoms with Crippen LogP contribution in [0.4, 0.5) is 8.78 Å². The van der Waals surface area contributed by atoms with Crippen molar-refractivity contribution in [1.29, 1.82) is 0 Å². The molecule has 2 aliphatic heterocycles. The summed E-state index contributed by atoms with van der Waals surface area (Å²) in [4.78, 5) is 72.8. The molecule has 0 aliphatic carbocycles. The molecular formula is C22H21F2N2NaO10S2. The predicted octanol–water partition coefficient (Wildman–Crippen LogP) is -3.07. The van der Waals surface area contributed by atoms with E-state index in [1.165, 1.54) is 19.1 Å². The van der Waals surface area contributed by atoms with Gasteiger partial charge in [-0.25, -0.2) is 4.79 Å². The summed E-state index contributed by atoms with van der Waals surface area (Å²) < 4.78 is 38.5. The second kappa shape index (κ2) is 13.3. The molecule has 4 atom stereocenters. The number of nitrogens with one attached hydrogen (secondary N) is 1. The number of aliphatic carboxylic acids is 1. The molecule has 17 heteroatoms. The maximum atomic E-state index is 12.7. The quantitative estimate of drug-likeness (QED) is 0.125. The van der Waals surface area contributed by atoms with Gasteiger partial charge < -0.3 is 34.3 Å². The number of rotatable bonds is 10. The van der Waals surface area contributed by atoms with Crippen molar-refractivity contribution in [3.05, 3.63) is 23.8 Å². The number of amides is 2. The minimum Gasteiger partial charge on any atom is -0.548 e. The SMILES string of the molecule is CC(=O)Oc1ccc(C(=O)OC[C@]2(C)S[C@@H]3[C@H](NC(=O)CSC(F)F)C(=O)N3[C@H]2C(=O)[O-])cc1OC(C)=O.[Na+]. The van der Waals surface area contributed by atoms with Gasteiger partial charge in [-0.2, -0.15) is 8.78 Å². The minimum absolute atomic E-state index is 0. The van der Waals surface area contributed by atoms with Crippen LogP contribution in [0, 0.1) is 0 Å². The van der Waals surface area contributed by atoms with Crippen molar-refractivity contribution >= 4 is 59.2 Å². The topological polar surface area (TPSA) is 168 Å². The fourth-order valence-corrected chi connectivity index (χ4v) is 5.92. The molecule has 12 nitrogen and oxygen atoms in total. The Morgan fingerprint density at radius 2 is 1.77 bits per heavy atom. The summed E-state index contributed by atoms with van der Waals surface area (Å²) in [5.41, 5.74) is -0.116. The number of halogens is 2. The number of alkyl halides is 2. The average Bonchev–Trinajstić information content (AvgIpc) is 3.10. The van der Waals surface area contributed by atoms with Crippen molar-refractivity contribution in [3.63, 3.8) is 0 Å². The predicted molar refractivity (Wildman–Crippen MR) is 125 cm³/mol. The van der Waals surface area contributed by atoms with E-state index in [1.54, 1.807) is 0 Å². The fourth-order valence-electron chi connectivity index (χ4n) is 3.88. The summed E-state index contributed by atoms with van der Waals surface area (Å²) in [5.74, 6) is -9.30. The standard InChI is InChI=1S/C22H22F2N2O10S2.Na/c1-9(27)35-12-5-4-11(6-13(12)36-10(2)28)20(33)34-8-22(3)16(19(31)32)26-17(30)15(18(26)38-22)25-14(29)7-37-21(23)24;/h4-6,15-16,18,21H,7-8H2,1-3H3,(H,25,29)(H,31,32);/q;+1/p-1/t15-,16+,18-,22+;/m1./s1. The van der Waals surface area contributed by atoms with Crippen molar-refractivity contribution in [2.75, 3.05) is 12.4 Å². The van der Waals surface area contributed by atoms with Crippen LogP contribution < -0.4 is 49.5 Å². The number of β-lactam (4-membered cyclic amide) rings is 1. The van der Waals surface area contributed by atoms with E-state index in [0.717, 1.165) is 36.6 Å². The number of fused-ring (bicyclic) bond motifs is 1. The number of nitrogens with zero attached hydrogens (tertiary/aromatic N) is 1. The first-order valence-electron chi connectivity index (χ1n) is 10.8. The molecule has 39 heavy (non-hydrogen) atoms. The number of hydrogen-bond donors (Lipinski definition) is 1. The van der Waals surface area contributed by atoms with Gasteiger partial charge in [0.05, 0.1) is 28.1 Å². The number of thioether (sulfide) groups is 2. The zero-order valence-corrected chi connectivity index (χ0v) is 24.7. The van der Waals surface area contributed by atoms with Crippen molar-refractivity contribution in [2.45, 2.75) is 48.7 Å². The molecule has 0 unspecified atom stereocenters. The molecule has 0 saturated carbocycles. The van der Waals surface area contributed by atoms with Gasteiger partial charge in [-0.15, -0.1) is 11.8 Å². The fraction of sp³-hybridized carbons (Fsp3) is 0.455. The Hall–Kier alpha value is -2.40. The molecule has 2 aliphatic rings.